The minimum Gasteiger partial charge on any atom is -0.393 e. The summed E-state index contributed by atoms with van der Waals surface area (Å²) < 4.78 is 0. The molecule has 3 heteroatoms. The molecular weight excluding hydrogens is 236 g/mol. The summed E-state index contributed by atoms with van der Waals surface area (Å²) in [4.78, 5) is 2.41. The quantitative estimate of drug-likeness (QED) is 0.875. The van der Waals surface area contributed by atoms with Crippen molar-refractivity contribution in [3.63, 3.8) is 0 Å². The standard InChI is InChI=1S/C16H26N2O/c1-12(2)17-11-14-10-13(3)4-5-16(14)18-8-6-15(19)7-9-18/h4-5,10,12,15,17,19H,6-9,11H2,1-3H3. The summed E-state index contributed by atoms with van der Waals surface area (Å²) in [6.07, 6.45) is 1.65. The van der Waals surface area contributed by atoms with E-state index in [9.17, 15) is 5.11 Å². The van der Waals surface area contributed by atoms with E-state index < -0.39 is 0 Å². The topological polar surface area (TPSA) is 35.5 Å². The number of anilines is 1. The molecule has 0 aromatic heterocycles. The van der Waals surface area contributed by atoms with E-state index in [2.05, 4.69) is 49.2 Å². The molecule has 0 radical (unpaired) electrons. The molecule has 1 aliphatic heterocycles. The Morgan fingerprint density at radius 1 is 1.32 bits per heavy atom. The number of piperidine rings is 1. The Hall–Kier alpha value is -1.06. The molecule has 0 amide bonds. The first-order valence-electron chi connectivity index (χ1n) is 7.32. The Kier molecular flexibility index (Phi) is 4.83. The van der Waals surface area contributed by atoms with Gasteiger partial charge in [-0.05, 0) is 31.4 Å². The van der Waals surface area contributed by atoms with Crippen LogP contribution in [0.25, 0.3) is 0 Å². The molecule has 19 heavy (non-hydrogen) atoms. The molecule has 0 unspecified atom stereocenters. The summed E-state index contributed by atoms with van der Waals surface area (Å²) in [7, 11) is 0. The SMILES string of the molecule is Cc1ccc(N2CCC(O)CC2)c(CNC(C)C)c1. The van der Waals surface area contributed by atoms with Crippen LogP contribution < -0.4 is 10.2 Å². The van der Waals surface area contributed by atoms with E-state index in [1.807, 2.05) is 0 Å². The predicted octanol–water partition coefficient (Wildman–Crippen LogP) is 2.45. The Balaban J connectivity index is 2.14. The lowest BCUT2D eigenvalue weighted by Crippen LogP contribution is -2.36. The summed E-state index contributed by atoms with van der Waals surface area (Å²) in [5.41, 5.74) is 4.00. The van der Waals surface area contributed by atoms with Crippen LogP contribution in [0.4, 0.5) is 5.69 Å². The minimum absolute atomic E-state index is 0.112. The van der Waals surface area contributed by atoms with Gasteiger partial charge in [0.15, 0.2) is 0 Å². The summed E-state index contributed by atoms with van der Waals surface area (Å²) in [6, 6.07) is 7.18. The number of nitrogens with zero attached hydrogens (tertiary/aromatic N) is 1. The van der Waals surface area contributed by atoms with E-state index in [1.165, 1.54) is 16.8 Å². The number of rotatable bonds is 4. The number of benzene rings is 1. The lowest BCUT2D eigenvalue weighted by atomic mass is 10.0. The van der Waals surface area contributed by atoms with Crippen molar-refractivity contribution in [1.82, 2.24) is 5.32 Å². The molecule has 0 aliphatic carbocycles. The third-order valence-electron chi connectivity index (χ3n) is 3.74. The van der Waals surface area contributed by atoms with Gasteiger partial charge in [0.1, 0.15) is 0 Å². The van der Waals surface area contributed by atoms with Gasteiger partial charge in [-0.3, -0.25) is 0 Å². The molecule has 3 nitrogen and oxygen atoms in total. The van der Waals surface area contributed by atoms with E-state index in [1.54, 1.807) is 0 Å². The highest BCUT2D eigenvalue weighted by Gasteiger charge is 2.19. The Morgan fingerprint density at radius 2 is 2.00 bits per heavy atom. The maximum atomic E-state index is 9.62. The molecule has 1 saturated heterocycles. The van der Waals surface area contributed by atoms with Gasteiger partial charge in [0.05, 0.1) is 6.10 Å². The molecule has 0 spiro atoms. The second kappa shape index (κ2) is 6.40. The molecule has 0 saturated carbocycles. The average molecular weight is 262 g/mol. The first kappa shape index (κ1) is 14.4. The van der Waals surface area contributed by atoms with Crippen molar-refractivity contribution < 1.29 is 5.11 Å². The highest BCUT2D eigenvalue weighted by Crippen LogP contribution is 2.25. The lowest BCUT2D eigenvalue weighted by Gasteiger charge is -2.33. The van der Waals surface area contributed by atoms with Crippen LogP contribution in [-0.4, -0.2) is 30.3 Å². The summed E-state index contributed by atoms with van der Waals surface area (Å²) in [6.45, 7) is 9.31. The van der Waals surface area contributed by atoms with Gasteiger partial charge >= 0.3 is 0 Å². The number of nitrogens with one attached hydrogen (secondary N) is 1. The predicted molar refractivity (Wildman–Crippen MR) is 80.6 cm³/mol. The zero-order valence-corrected chi connectivity index (χ0v) is 12.3. The molecule has 106 valence electrons. The van der Waals surface area contributed by atoms with Crippen LogP contribution in [0.5, 0.6) is 0 Å². The number of aryl methyl sites for hydroxylation is 1. The van der Waals surface area contributed by atoms with Crippen molar-refractivity contribution in [2.75, 3.05) is 18.0 Å². The van der Waals surface area contributed by atoms with Crippen LogP contribution in [-0.2, 0) is 6.54 Å². The third kappa shape index (κ3) is 3.95. The second-order valence-electron chi connectivity index (χ2n) is 5.89. The normalized spacial score (nSPS) is 17.2. The Morgan fingerprint density at radius 3 is 2.63 bits per heavy atom. The van der Waals surface area contributed by atoms with Gasteiger partial charge in [-0.15, -0.1) is 0 Å². The molecule has 1 aromatic rings. The van der Waals surface area contributed by atoms with Crippen molar-refractivity contribution in [2.24, 2.45) is 0 Å². The zero-order chi connectivity index (χ0) is 13.8. The van der Waals surface area contributed by atoms with E-state index in [-0.39, 0.29) is 6.10 Å². The molecule has 2 N–H and O–H groups in total. The van der Waals surface area contributed by atoms with Crippen LogP contribution in [0.1, 0.15) is 37.8 Å². The van der Waals surface area contributed by atoms with Gasteiger partial charge in [0.25, 0.3) is 0 Å². The molecule has 1 fully saturated rings. The largest absolute Gasteiger partial charge is 0.393 e. The lowest BCUT2D eigenvalue weighted by molar-refractivity contribution is 0.145. The molecular formula is C16H26N2O. The van der Waals surface area contributed by atoms with Crippen LogP contribution in [0.3, 0.4) is 0 Å². The zero-order valence-electron chi connectivity index (χ0n) is 12.3. The number of hydrogen-bond acceptors (Lipinski definition) is 3. The van der Waals surface area contributed by atoms with Crippen molar-refractivity contribution in [3.8, 4) is 0 Å². The summed E-state index contributed by atoms with van der Waals surface area (Å²) in [5, 5.41) is 13.1. The maximum absolute atomic E-state index is 9.62. The van der Waals surface area contributed by atoms with Crippen molar-refractivity contribution in [2.45, 2.75) is 52.3 Å². The number of hydrogen-bond donors (Lipinski definition) is 2. The molecule has 1 heterocycles. The Bertz CT molecular complexity index is 409. The van der Waals surface area contributed by atoms with E-state index >= 15 is 0 Å². The van der Waals surface area contributed by atoms with Crippen molar-refractivity contribution in [1.29, 1.82) is 0 Å². The minimum atomic E-state index is -0.112. The van der Waals surface area contributed by atoms with Gasteiger partial charge in [-0.1, -0.05) is 31.5 Å². The summed E-state index contributed by atoms with van der Waals surface area (Å²) in [5.74, 6) is 0. The van der Waals surface area contributed by atoms with E-state index in [4.69, 9.17) is 0 Å². The number of aliphatic hydroxyl groups excluding tert-OH is 1. The third-order valence-corrected chi connectivity index (χ3v) is 3.74. The molecule has 0 bridgehead atoms. The van der Waals surface area contributed by atoms with Crippen molar-refractivity contribution >= 4 is 5.69 Å². The monoisotopic (exact) mass is 262 g/mol. The van der Waals surface area contributed by atoms with Gasteiger partial charge in [0, 0.05) is 31.4 Å². The van der Waals surface area contributed by atoms with Crippen molar-refractivity contribution in [3.05, 3.63) is 29.3 Å². The summed E-state index contributed by atoms with van der Waals surface area (Å²) >= 11 is 0. The highest BCUT2D eigenvalue weighted by molar-refractivity contribution is 5.55. The van der Waals surface area contributed by atoms with Gasteiger partial charge in [-0.2, -0.15) is 0 Å². The highest BCUT2D eigenvalue weighted by atomic mass is 16.3. The first-order chi connectivity index (χ1) is 9.06. The van der Waals surface area contributed by atoms with Crippen LogP contribution in [0.2, 0.25) is 0 Å². The van der Waals surface area contributed by atoms with E-state index in [0.29, 0.717) is 6.04 Å². The van der Waals surface area contributed by atoms with E-state index in [0.717, 1.165) is 32.5 Å². The molecule has 1 aliphatic rings. The molecule has 2 rings (SSSR count). The van der Waals surface area contributed by atoms with Crippen LogP contribution in [0.15, 0.2) is 18.2 Å². The number of aliphatic hydroxyl groups is 1. The molecule has 1 aromatic carbocycles. The fourth-order valence-electron chi connectivity index (χ4n) is 2.59. The second-order valence-corrected chi connectivity index (χ2v) is 5.89. The molecule has 0 atom stereocenters. The van der Waals surface area contributed by atoms with Crippen LogP contribution in [0, 0.1) is 6.92 Å². The van der Waals surface area contributed by atoms with Gasteiger partial charge in [0.2, 0.25) is 0 Å². The fourth-order valence-corrected chi connectivity index (χ4v) is 2.59. The van der Waals surface area contributed by atoms with Crippen LogP contribution >= 0.6 is 0 Å². The van der Waals surface area contributed by atoms with Gasteiger partial charge in [-0.25, -0.2) is 0 Å². The Labute approximate surface area is 116 Å². The fraction of sp³-hybridized carbons (Fsp3) is 0.625. The maximum Gasteiger partial charge on any atom is 0.0574 e. The smallest absolute Gasteiger partial charge is 0.0574 e. The first-order valence-corrected chi connectivity index (χ1v) is 7.32. The average Bonchev–Trinajstić information content (AvgIpc) is 2.38. The van der Waals surface area contributed by atoms with Gasteiger partial charge < -0.3 is 15.3 Å².